The van der Waals surface area contributed by atoms with E-state index in [-0.39, 0.29) is 18.1 Å². The number of ether oxygens (including phenoxy) is 4. The molecule has 0 aromatic heterocycles. The van der Waals surface area contributed by atoms with Gasteiger partial charge in [-0.25, -0.2) is 4.79 Å². The minimum atomic E-state index is -0.910. The molecule has 2 aliphatic rings. The van der Waals surface area contributed by atoms with Crippen LogP contribution in [-0.4, -0.2) is 74.8 Å². The molecule has 2 aliphatic heterocycles. The summed E-state index contributed by atoms with van der Waals surface area (Å²) in [7, 11) is 1.72. The average Bonchev–Trinajstić information content (AvgIpc) is 2.99. The van der Waals surface area contributed by atoms with Gasteiger partial charge in [-0.2, -0.15) is 0 Å². The molecule has 212 valence electrons. The van der Waals surface area contributed by atoms with Gasteiger partial charge in [-0.15, -0.1) is 0 Å². The lowest BCUT2D eigenvalue weighted by atomic mass is 9.86. The van der Waals surface area contributed by atoms with Gasteiger partial charge in [0.25, 0.3) is 0 Å². The molecule has 3 aromatic rings. The lowest BCUT2D eigenvalue weighted by Crippen LogP contribution is -2.49. The number of rotatable bonds is 11. The number of fused-ring (bicyclic) bond motifs is 1. The first-order chi connectivity index (χ1) is 19.6. The topological polar surface area (TPSA) is 80.7 Å². The Balaban J connectivity index is 1.24. The Kier molecular flexibility index (Phi) is 9.42. The Morgan fingerprint density at radius 1 is 1.00 bits per heavy atom. The Labute approximate surface area is 236 Å². The number of amides is 1. The first-order valence-electron chi connectivity index (χ1n) is 14.0. The van der Waals surface area contributed by atoms with Crippen molar-refractivity contribution in [3.8, 4) is 11.5 Å². The van der Waals surface area contributed by atoms with Gasteiger partial charge in [0.15, 0.2) is 0 Å². The lowest BCUT2D eigenvalue weighted by Gasteiger charge is -2.40. The van der Waals surface area contributed by atoms with E-state index in [1.807, 2.05) is 48.5 Å². The summed E-state index contributed by atoms with van der Waals surface area (Å²) in [6.45, 7) is 3.96. The third-order valence-electron chi connectivity index (χ3n) is 7.58. The number of piperidine rings is 1. The molecule has 0 saturated carbocycles. The number of nitrogens with zero attached hydrogens (tertiary/aromatic N) is 2. The minimum Gasteiger partial charge on any atom is -0.489 e. The van der Waals surface area contributed by atoms with Gasteiger partial charge in [0.05, 0.1) is 31.5 Å². The number of carbonyl (C=O) groups is 1. The summed E-state index contributed by atoms with van der Waals surface area (Å²) < 4.78 is 23.9. The van der Waals surface area contributed by atoms with Crippen molar-refractivity contribution in [1.82, 2.24) is 4.90 Å². The van der Waals surface area contributed by atoms with Crippen molar-refractivity contribution in [1.29, 1.82) is 0 Å². The number of hydrogen-bond acceptors (Lipinski definition) is 6. The minimum absolute atomic E-state index is 0.0911. The molecular formula is C32H38N2O6. The normalized spacial score (nSPS) is 20.5. The van der Waals surface area contributed by atoms with Crippen molar-refractivity contribution < 1.29 is 28.8 Å². The zero-order chi connectivity index (χ0) is 27.7. The Bertz CT molecular complexity index is 1220. The van der Waals surface area contributed by atoms with Gasteiger partial charge >= 0.3 is 6.09 Å². The smallest absolute Gasteiger partial charge is 0.407 e. The third-order valence-corrected chi connectivity index (χ3v) is 7.58. The van der Waals surface area contributed by atoms with Gasteiger partial charge in [-0.1, -0.05) is 54.6 Å². The quantitative estimate of drug-likeness (QED) is 0.322. The predicted octanol–water partition coefficient (Wildman–Crippen LogP) is 5.42. The second-order valence-electron chi connectivity index (χ2n) is 10.3. The highest BCUT2D eigenvalue weighted by Crippen LogP contribution is 2.35. The SMILES string of the molecule is COCCCN1CC(COC2CN(C(=O)O)CCC2c2ccc(COc3ccccc3)cc2)Oc2ccccc21. The summed E-state index contributed by atoms with van der Waals surface area (Å²) >= 11 is 0. The van der Waals surface area contributed by atoms with E-state index in [4.69, 9.17) is 18.9 Å². The number of hydrogen-bond donors (Lipinski definition) is 1. The molecule has 1 fully saturated rings. The Morgan fingerprint density at radius 3 is 2.55 bits per heavy atom. The first-order valence-corrected chi connectivity index (χ1v) is 14.0. The molecule has 3 unspecified atom stereocenters. The van der Waals surface area contributed by atoms with Crippen LogP contribution in [0.1, 0.15) is 29.9 Å². The summed E-state index contributed by atoms with van der Waals surface area (Å²) in [5.74, 6) is 1.78. The standard InChI is InChI=1S/C32H38N2O6/c1-37-19-7-17-33-20-27(40-30-11-6-5-10-29(30)33)23-39-31-21-34(32(35)36)18-16-28(31)25-14-12-24(13-15-25)22-38-26-8-3-2-4-9-26/h2-6,8-15,27-28,31H,7,16-23H2,1H3,(H,35,36). The number of para-hydroxylation sites is 3. The van der Waals surface area contributed by atoms with Gasteiger partial charge in [0.1, 0.15) is 24.2 Å². The fraction of sp³-hybridized carbons (Fsp3) is 0.406. The molecule has 1 saturated heterocycles. The fourth-order valence-corrected chi connectivity index (χ4v) is 5.49. The van der Waals surface area contributed by atoms with Crippen molar-refractivity contribution in [3.63, 3.8) is 0 Å². The summed E-state index contributed by atoms with van der Waals surface area (Å²) in [6.07, 6.45) is 0.291. The van der Waals surface area contributed by atoms with E-state index in [1.54, 1.807) is 7.11 Å². The first kappa shape index (κ1) is 27.8. The van der Waals surface area contributed by atoms with Crippen LogP contribution in [-0.2, 0) is 16.1 Å². The zero-order valence-electron chi connectivity index (χ0n) is 23.0. The van der Waals surface area contributed by atoms with Crippen LogP contribution >= 0.6 is 0 Å². The van der Waals surface area contributed by atoms with Crippen LogP contribution in [0.3, 0.4) is 0 Å². The highest BCUT2D eigenvalue weighted by atomic mass is 16.5. The average molecular weight is 547 g/mol. The van der Waals surface area contributed by atoms with Crippen LogP contribution in [0.2, 0.25) is 0 Å². The van der Waals surface area contributed by atoms with Gasteiger partial charge in [-0.3, -0.25) is 0 Å². The van der Waals surface area contributed by atoms with Crippen LogP contribution in [0.4, 0.5) is 10.5 Å². The lowest BCUT2D eigenvalue weighted by molar-refractivity contribution is -0.0407. The molecule has 8 heteroatoms. The van der Waals surface area contributed by atoms with E-state index < -0.39 is 6.09 Å². The van der Waals surface area contributed by atoms with Gasteiger partial charge in [-0.05, 0) is 48.2 Å². The highest BCUT2D eigenvalue weighted by Gasteiger charge is 2.35. The van der Waals surface area contributed by atoms with Crippen molar-refractivity contribution >= 4 is 11.8 Å². The molecule has 0 bridgehead atoms. The Hall–Kier alpha value is -3.75. The van der Waals surface area contributed by atoms with Crippen LogP contribution in [0.25, 0.3) is 0 Å². The molecule has 0 radical (unpaired) electrons. The van der Waals surface area contributed by atoms with Crippen LogP contribution in [0, 0.1) is 0 Å². The number of benzene rings is 3. The highest BCUT2D eigenvalue weighted by molar-refractivity contribution is 5.65. The maximum Gasteiger partial charge on any atom is 0.407 e. The van der Waals surface area contributed by atoms with Gasteiger partial charge in [0, 0.05) is 32.7 Å². The maximum atomic E-state index is 11.8. The molecule has 8 nitrogen and oxygen atoms in total. The molecule has 1 N–H and O–H groups in total. The van der Waals surface area contributed by atoms with E-state index >= 15 is 0 Å². The van der Waals surface area contributed by atoms with Crippen molar-refractivity contribution in [2.75, 3.05) is 51.4 Å². The third kappa shape index (κ3) is 7.06. The number of anilines is 1. The van der Waals surface area contributed by atoms with Crippen molar-refractivity contribution in [2.24, 2.45) is 0 Å². The molecule has 2 heterocycles. The number of methoxy groups -OCH3 is 1. The summed E-state index contributed by atoms with van der Waals surface area (Å²) in [6, 6.07) is 26.2. The van der Waals surface area contributed by atoms with Gasteiger partial charge in [0.2, 0.25) is 0 Å². The van der Waals surface area contributed by atoms with Gasteiger partial charge < -0.3 is 33.9 Å². The van der Waals surface area contributed by atoms with E-state index in [0.29, 0.717) is 45.9 Å². The van der Waals surface area contributed by atoms with E-state index in [1.165, 1.54) is 4.90 Å². The van der Waals surface area contributed by atoms with Crippen LogP contribution in [0.15, 0.2) is 78.9 Å². The number of likely N-dealkylation sites (tertiary alicyclic amines) is 1. The maximum absolute atomic E-state index is 11.8. The molecule has 3 aromatic carbocycles. The molecule has 5 rings (SSSR count). The van der Waals surface area contributed by atoms with Crippen molar-refractivity contribution in [3.05, 3.63) is 90.0 Å². The summed E-state index contributed by atoms with van der Waals surface area (Å²) in [5, 5.41) is 9.68. The van der Waals surface area contributed by atoms with Crippen LogP contribution in [0.5, 0.6) is 11.5 Å². The molecule has 0 aliphatic carbocycles. The largest absolute Gasteiger partial charge is 0.489 e. The summed E-state index contributed by atoms with van der Waals surface area (Å²) in [4.78, 5) is 15.6. The van der Waals surface area contributed by atoms with Crippen LogP contribution < -0.4 is 14.4 Å². The van der Waals surface area contributed by atoms with Crippen molar-refractivity contribution in [2.45, 2.75) is 37.6 Å². The molecule has 3 atom stereocenters. The molecule has 1 amide bonds. The molecular weight excluding hydrogens is 508 g/mol. The molecule has 0 spiro atoms. The monoisotopic (exact) mass is 546 g/mol. The molecule has 40 heavy (non-hydrogen) atoms. The second-order valence-corrected chi connectivity index (χ2v) is 10.3. The van der Waals surface area contributed by atoms with E-state index in [9.17, 15) is 9.90 Å². The zero-order valence-corrected chi connectivity index (χ0v) is 23.0. The predicted molar refractivity (Wildman–Crippen MR) is 153 cm³/mol. The summed E-state index contributed by atoms with van der Waals surface area (Å²) in [5.41, 5.74) is 3.31. The number of carboxylic acid groups (broad SMARTS) is 1. The van der Waals surface area contributed by atoms with E-state index in [2.05, 4.69) is 35.2 Å². The van der Waals surface area contributed by atoms with E-state index in [0.717, 1.165) is 41.3 Å². The Morgan fingerprint density at radius 2 is 1.77 bits per heavy atom. The second kappa shape index (κ2) is 13.5. The fourth-order valence-electron chi connectivity index (χ4n) is 5.49.